The van der Waals surface area contributed by atoms with E-state index in [9.17, 15) is 20.1 Å². The summed E-state index contributed by atoms with van der Waals surface area (Å²) in [4.78, 5) is 12.5. The first-order chi connectivity index (χ1) is 15.7. The van der Waals surface area contributed by atoms with E-state index in [0.29, 0.717) is 29.6 Å². The standard InChI is InChI=1S/C30H48O4/c1-17-8-11-26(3)14-15-28(5)19(23(26)18(17)2)16-20(31)24-27(4)12-10-22(32)30(7,25(33)34)21(27)9-13-29(24,28)6/h16-18,20-24,31-32H,8-15H2,1-7H3,(H,33,34)/t17-,18+,20+,21-,22-,23+,24-,26-,27+,28-,29-,30-/m1/s1. The number of aliphatic hydroxyl groups excluding tert-OH is 2. The van der Waals surface area contributed by atoms with Gasteiger partial charge in [-0.1, -0.05) is 53.2 Å². The molecular formula is C30H48O4. The molecule has 3 N–H and O–H groups in total. The van der Waals surface area contributed by atoms with Crippen molar-refractivity contribution in [3.05, 3.63) is 11.6 Å². The zero-order chi connectivity index (χ0) is 25.1. The predicted octanol–water partition coefficient (Wildman–Crippen LogP) is 6.06. The van der Waals surface area contributed by atoms with E-state index in [1.165, 1.54) is 24.8 Å². The SMILES string of the molecule is C[C@H]1[C@H](C)CC[C@]2(C)CC[C@]3(C)C(=C[C@H](O)[C@@H]4[C@@]5(C)CC[C@@H](O)[C@](C)(C(=O)O)[C@@H]5CC[C@]43C)[C@H]12. The predicted molar refractivity (Wildman–Crippen MR) is 134 cm³/mol. The van der Waals surface area contributed by atoms with E-state index in [-0.39, 0.29) is 28.1 Å². The first-order valence-corrected chi connectivity index (χ1v) is 14.0. The molecule has 0 spiro atoms. The Kier molecular flexibility index (Phi) is 5.36. The summed E-state index contributed by atoms with van der Waals surface area (Å²) in [5.41, 5.74) is 0.317. The van der Waals surface area contributed by atoms with Crippen LogP contribution >= 0.6 is 0 Å². The molecule has 0 unspecified atom stereocenters. The van der Waals surface area contributed by atoms with E-state index < -0.39 is 23.6 Å². The number of carboxylic acids is 1. The number of carboxylic acid groups (broad SMARTS) is 1. The van der Waals surface area contributed by atoms with Crippen molar-refractivity contribution in [1.29, 1.82) is 0 Å². The van der Waals surface area contributed by atoms with Gasteiger partial charge in [0, 0.05) is 5.92 Å². The molecule has 34 heavy (non-hydrogen) atoms. The maximum atomic E-state index is 12.5. The number of carbonyl (C=O) groups is 1. The van der Waals surface area contributed by atoms with Crippen LogP contribution in [0.5, 0.6) is 0 Å². The minimum Gasteiger partial charge on any atom is -0.481 e. The van der Waals surface area contributed by atoms with Crippen LogP contribution in [0.3, 0.4) is 0 Å². The molecule has 192 valence electrons. The number of fused-ring (bicyclic) bond motifs is 7. The van der Waals surface area contributed by atoms with Crippen molar-refractivity contribution in [2.45, 2.75) is 112 Å². The quantitative estimate of drug-likeness (QED) is 0.405. The summed E-state index contributed by atoms with van der Waals surface area (Å²) in [5.74, 6) is 0.836. The Morgan fingerprint density at radius 3 is 2.24 bits per heavy atom. The van der Waals surface area contributed by atoms with Crippen molar-refractivity contribution in [3.8, 4) is 0 Å². The van der Waals surface area contributed by atoms with Gasteiger partial charge in [0.05, 0.1) is 17.6 Å². The smallest absolute Gasteiger partial charge is 0.312 e. The van der Waals surface area contributed by atoms with Crippen LogP contribution in [0.15, 0.2) is 11.6 Å². The molecule has 4 saturated carbocycles. The van der Waals surface area contributed by atoms with Gasteiger partial charge in [-0.15, -0.1) is 0 Å². The average molecular weight is 473 g/mol. The molecule has 5 aliphatic rings. The lowest BCUT2D eigenvalue weighted by Gasteiger charge is -2.72. The van der Waals surface area contributed by atoms with Gasteiger partial charge in [0.15, 0.2) is 0 Å². The van der Waals surface area contributed by atoms with Gasteiger partial charge < -0.3 is 15.3 Å². The minimum absolute atomic E-state index is 0.0133. The Balaban J connectivity index is 1.64. The number of aliphatic hydroxyl groups is 2. The molecule has 0 bridgehead atoms. The molecule has 0 heterocycles. The average Bonchev–Trinajstić information content (AvgIpc) is 2.75. The van der Waals surface area contributed by atoms with Crippen LogP contribution in [-0.2, 0) is 4.79 Å². The van der Waals surface area contributed by atoms with Crippen molar-refractivity contribution in [2.75, 3.05) is 0 Å². The third-order valence-electron chi connectivity index (χ3n) is 13.4. The van der Waals surface area contributed by atoms with E-state index in [2.05, 4.69) is 47.6 Å². The Bertz CT molecular complexity index is 911. The molecule has 5 aliphatic carbocycles. The van der Waals surface area contributed by atoms with Crippen LogP contribution in [0.4, 0.5) is 0 Å². The molecule has 0 amide bonds. The van der Waals surface area contributed by atoms with Gasteiger partial charge in [0.2, 0.25) is 0 Å². The number of hydrogen-bond donors (Lipinski definition) is 3. The van der Waals surface area contributed by atoms with E-state index in [0.717, 1.165) is 25.7 Å². The summed E-state index contributed by atoms with van der Waals surface area (Å²) in [6.07, 6.45) is 8.88. The van der Waals surface area contributed by atoms with Crippen LogP contribution in [0, 0.1) is 56.7 Å². The van der Waals surface area contributed by atoms with E-state index in [1.807, 2.05) is 0 Å². The third kappa shape index (κ3) is 2.76. The second kappa shape index (κ2) is 7.34. The zero-order valence-corrected chi connectivity index (χ0v) is 22.5. The van der Waals surface area contributed by atoms with Gasteiger partial charge in [0.1, 0.15) is 0 Å². The fraction of sp³-hybridized carbons (Fsp3) is 0.900. The summed E-state index contributed by atoms with van der Waals surface area (Å²) >= 11 is 0. The second-order valence-corrected chi connectivity index (χ2v) is 14.6. The van der Waals surface area contributed by atoms with Crippen LogP contribution in [0.25, 0.3) is 0 Å². The first kappa shape index (κ1) is 24.8. The van der Waals surface area contributed by atoms with Crippen LogP contribution < -0.4 is 0 Å². The number of hydrogen-bond acceptors (Lipinski definition) is 3. The number of rotatable bonds is 1. The van der Waals surface area contributed by atoms with E-state index in [4.69, 9.17) is 0 Å². The van der Waals surface area contributed by atoms with Gasteiger partial charge in [-0.25, -0.2) is 0 Å². The van der Waals surface area contributed by atoms with Crippen molar-refractivity contribution in [2.24, 2.45) is 56.7 Å². The van der Waals surface area contributed by atoms with Crippen molar-refractivity contribution in [1.82, 2.24) is 0 Å². The first-order valence-electron chi connectivity index (χ1n) is 14.0. The summed E-state index contributed by atoms with van der Waals surface area (Å²) in [5, 5.41) is 33.1. The molecule has 4 heteroatoms. The lowest BCUT2D eigenvalue weighted by Crippen LogP contribution is -2.68. The van der Waals surface area contributed by atoms with Gasteiger partial charge in [-0.3, -0.25) is 4.79 Å². The highest BCUT2D eigenvalue weighted by Crippen LogP contribution is 2.75. The molecule has 5 rings (SSSR count). The Hall–Kier alpha value is -0.870. The molecule has 0 aromatic heterocycles. The molecule has 0 saturated heterocycles. The maximum Gasteiger partial charge on any atom is 0.312 e. The minimum atomic E-state index is -1.16. The van der Waals surface area contributed by atoms with Crippen LogP contribution in [0.2, 0.25) is 0 Å². The highest BCUT2D eigenvalue weighted by molar-refractivity contribution is 5.76. The van der Waals surface area contributed by atoms with Gasteiger partial charge in [-0.2, -0.15) is 0 Å². The normalized spacial score (nSPS) is 59.1. The number of aliphatic carboxylic acids is 1. The molecule has 4 fully saturated rings. The molecule has 12 atom stereocenters. The largest absolute Gasteiger partial charge is 0.481 e. The van der Waals surface area contributed by atoms with E-state index >= 15 is 0 Å². The maximum absolute atomic E-state index is 12.5. The monoisotopic (exact) mass is 472 g/mol. The fourth-order valence-corrected chi connectivity index (χ4v) is 10.9. The van der Waals surface area contributed by atoms with Crippen LogP contribution in [-0.4, -0.2) is 33.5 Å². The van der Waals surface area contributed by atoms with Crippen molar-refractivity contribution in [3.63, 3.8) is 0 Å². The summed E-state index contributed by atoms with van der Waals surface area (Å²) in [6.45, 7) is 16.3. The summed E-state index contributed by atoms with van der Waals surface area (Å²) in [7, 11) is 0. The molecule has 0 aliphatic heterocycles. The van der Waals surface area contributed by atoms with E-state index in [1.54, 1.807) is 6.92 Å². The molecule has 0 radical (unpaired) electrons. The Morgan fingerprint density at radius 1 is 0.912 bits per heavy atom. The topological polar surface area (TPSA) is 77.8 Å². The highest BCUT2D eigenvalue weighted by atomic mass is 16.4. The van der Waals surface area contributed by atoms with Crippen LogP contribution in [0.1, 0.15) is 99.8 Å². The molecular weight excluding hydrogens is 424 g/mol. The molecule has 4 nitrogen and oxygen atoms in total. The summed E-state index contributed by atoms with van der Waals surface area (Å²) in [6, 6.07) is 0. The van der Waals surface area contributed by atoms with Gasteiger partial charge >= 0.3 is 5.97 Å². The third-order valence-corrected chi connectivity index (χ3v) is 13.4. The molecule has 0 aromatic carbocycles. The lowest BCUT2D eigenvalue weighted by molar-refractivity contribution is -0.233. The second-order valence-electron chi connectivity index (χ2n) is 14.6. The fourth-order valence-electron chi connectivity index (χ4n) is 10.9. The Labute approximate surface area is 206 Å². The number of allylic oxidation sites excluding steroid dienone is 1. The lowest BCUT2D eigenvalue weighted by atomic mass is 9.33. The van der Waals surface area contributed by atoms with Gasteiger partial charge in [-0.05, 0) is 104 Å². The Morgan fingerprint density at radius 2 is 1.59 bits per heavy atom. The van der Waals surface area contributed by atoms with Crippen molar-refractivity contribution < 1.29 is 20.1 Å². The molecule has 0 aromatic rings. The zero-order valence-electron chi connectivity index (χ0n) is 22.5. The van der Waals surface area contributed by atoms with Crippen molar-refractivity contribution >= 4 is 5.97 Å². The summed E-state index contributed by atoms with van der Waals surface area (Å²) < 4.78 is 0. The van der Waals surface area contributed by atoms with Gasteiger partial charge in [0.25, 0.3) is 0 Å². The highest BCUT2D eigenvalue weighted by Gasteiger charge is 2.71.